The highest BCUT2D eigenvalue weighted by Crippen LogP contribution is 2.26. The molecule has 0 saturated heterocycles. The summed E-state index contributed by atoms with van der Waals surface area (Å²) in [5.41, 5.74) is 1.91. The molecule has 1 saturated carbocycles. The zero-order valence-corrected chi connectivity index (χ0v) is 10.6. The zero-order valence-electron chi connectivity index (χ0n) is 10.6. The van der Waals surface area contributed by atoms with E-state index in [0.29, 0.717) is 11.9 Å². The lowest BCUT2D eigenvalue weighted by Gasteiger charge is -2.12. The van der Waals surface area contributed by atoms with Crippen LogP contribution in [-0.4, -0.2) is 20.8 Å². The van der Waals surface area contributed by atoms with E-state index in [-0.39, 0.29) is 6.61 Å². The lowest BCUT2D eigenvalue weighted by Crippen LogP contribution is -2.10. The van der Waals surface area contributed by atoms with Crippen molar-refractivity contribution in [2.45, 2.75) is 38.4 Å². The maximum Gasteiger partial charge on any atom is 0.135 e. The van der Waals surface area contributed by atoms with Gasteiger partial charge in [0.05, 0.1) is 17.1 Å². The van der Waals surface area contributed by atoms with Gasteiger partial charge in [0.15, 0.2) is 0 Å². The molecular weight excluding hydrogens is 228 g/mol. The molecule has 3 rings (SSSR count). The highest BCUT2D eigenvalue weighted by Gasteiger charge is 2.17. The first-order valence-corrected chi connectivity index (χ1v) is 6.51. The van der Waals surface area contributed by atoms with Gasteiger partial charge in [-0.3, -0.25) is 0 Å². The molecular formula is C14H18N2O2. The third kappa shape index (κ3) is 1.97. The number of fused-ring (bicyclic) bond motifs is 1. The van der Waals surface area contributed by atoms with Crippen molar-refractivity contribution in [2.24, 2.45) is 7.05 Å². The molecule has 1 heterocycles. The van der Waals surface area contributed by atoms with Gasteiger partial charge < -0.3 is 14.4 Å². The molecule has 18 heavy (non-hydrogen) atoms. The van der Waals surface area contributed by atoms with Gasteiger partial charge in [0.25, 0.3) is 0 Å². The van der Waals surface area contributed by atoms with Crippen LogP contribution >= 0.6 is 0 Å². The Balaban J connectivity index is 1.91. The van der Waals surface area contributed by atoms with Crippen molar-refractivity contribution in [2.75, 3.05) is 0 Å². The molecule has 0 amide bonds. The number of aryl methyl sites for hydroxylation is 1. The molecule has 96 valence electrons. The Hall–Kier alpha value is -1.55. The molecule has 0 spiro atoms. The number of aromatic nitrogens is 2. The number of benzene rings is 1. The van der Waals surface area contributed by atoms with Gasteiger partial charge in [-0.15, -0.1) is 0 Å². The maximum atomic E-state index is 9.20. The van der Waals surface area contributed by atoms with Crippen molar-refractivity contribution in [1.82, 2.24) is 9.55 Å². The predicted molar refractivity (Wildman–Crippen MR) is 69.5 cm³/mol. The van der Waals surface area contributed by atoms with E-state index < -0.39 is 0 Å². The molecule has 1 aromatic carbocycles. The van der Waals surface area contributed by atoms with Crippen LogP contribution < -0.4 is 4.74 Å². The van der Waals surface area contributed by atoms with Gasteiger partial charge in [0.2, 0.25) is 0 Å². The summed E-state index contributed by atoms with van der Waals surface area (Å²) in [7, 11) is 1.92. The van der Waals surface area contributed by atoms with Gasteiger partial charge in [0.1, 0.15) is 18.2 Å². The summed E-state index contributed by atoms with van der Waals surface area (Å²) in [4.78, 5) is 4.36. The van der Waals surface area contributed by atoms with E-state index in [4.69, 9.17) is 4.74 Å². The second kappa shape index (κ2) is 4.61. The molecule has 0 aliphatic heterocycles. The van der Waals surface area contributed by atoms with Crippen LogP contribution in [0.5, 0.6) is 5.75 Å². The summed E-state index contributed by atoms with van der Waals surface area (Å²) >= 11 is 0. The quantitative estimate of drug-likeness (QED) is 0.904. The van der Waals surface area contributed by atoms with Crippen molar-refractivity contribution in [1.29, 1.82) is 0 Å². The fraction of sp³-hybridized carbons (Fsp3) is 0.500. The van der Waals surface area contributed by atoms with Gasteiger partial charge in [-0.05, 0) is 37.8 Å². The normalized spacial score (nSPS) is 16.6. The molecule has 1 aliphatic rings. The summed E-state index contributed by atoms with van der Waals surface area (Å²) in [6, 6.07) is 5.94. The molecule has 0 bridgehead atoms. The topological polar surface area (TPSA) is 47.3 Å². The molecule has 1 aromatic heterocycles. The second-order valence-electron chi connectivity index (χ2n) is 4.92. The van der Waals surface area contributed by atoms with Crippen molar-refractivity contribution >= 4 is 11.0 Å². The van der Waals surface area contributed by atoms with Gasteiger partial charge >= 0.3 is 0 Å². The average molecular weight is 246 g/mol. The minimum Gasteiger partial charge on any atom is -0.490 e. The second-order valence-corrected chi connectivity index (χ2v) is 4.92. The summed E-state index contributed by atoms with van der Waals surface area (Å²) in [6.45, 7) is -0.0377. The highest BCUT2D eigenvalue weighted by atomic mass is 16.5. The largest absolute Gasteiger partial charge is 0.490 e. The fourth-order valence-electron chi connectivity index (χ4n) is 2.63. The van der Waals surface area contributed by atoms with Crippen LogP contribution in [0.4, 0.5) is 0 Å². The van der Waals surface area contributed by atoms with Crippen LogP contribution in [0.3, 0.4) is 0 Å². The smallest absolute Gasteiger partial charge is 0.135 e. The maximum absolute atomic E-state index is 9.20. The van der Waals surface area contributed by atoms with Crippen molar-refractivity contribution < 1.29 is 9.84 Å². The minimum atomic E-state index is -0.0377. The molecule has 4 heteroatoms. The van der Waals surface area contributed by atoms with Crippen LogP contribution in [0.2, 0.25) is 0 Å². The van der Waals surface area contributed by atoms with Crippen LogP contribution in [0.15, 0.2) is 18.2 Å². The fourth-order valence-corrected chi connectivity index (χ4v) is 2.63. The van der Waals surface area contributed by atoms with Crippen molar-refractivity contribution in [3.05, 3.63) is 24.0 Å². The first kappa shape index (κ1) is 11.5. The standard InChI is InChI=1S/C14H18N2O2/c1-16-13-8-11(18-10-4-2-3-5-10)6-7-12(13)15-14(16)9-17/h6-8,10,17H,2-5,9H2,1H3. The number of hydrogen-bond acceptors (Lipinski definition) is 3. The van der Waals surface area contributed by atoms with Crippen LogP contribution in [0, 0.1) is 0 Å². The third-order valence-corrected chi connectivity index (χ3v) is 3.69. The summed E-state index contributed by atoms with van der Waals surface area (Å²) in [6.07, 6.45) is 5.23. The number of imidazole rings is 1. The first-order valence-electron chi connectivity index (χ1n) is 6.51. The van der Waals surface area contributed by atoms with Gasteiger partial charge in [-0.1, -0.05) is 0 Å². The lowest BCUT2D eigenvalue weighted by molar-refractivity contribution is 0.210. The van der Waals surface area contributed by atoms with E-state index in [1.54, 1.807) is 0 Å². The van der Waals surface area contributed by atoms with Gasteiger partial charge in [0, 0.05) is 13.1 Å². The van der Waals surface area contributed by atoms with Crippen LogP contribution in [0.25, 0.3) is 11.0 Å². The summed E-state index contributed by atoms with van der Waals surface area (Å²) < 4.78 is 7.89. The number of ether oxygens (including phenoxy) is 1. The number of aliphatic hydroxyl groups excluding tert-OH is 1. The molecule has 1 fully saturated rings. The number of aliphatic hydroxyl groups is 1. The molecule has 0 atom stereocenters. The van der Waals surface area contributed by atoms with Gasteiger partial charge in [-0.2, -0.15) is 0 Å². The monoisotopic (exact) mass is 246 g/mol. The number of nitrogens with zero attached hydrogens (tertiary/aromatic N) is 2. The summed E-state index contributed by atoms with van der Waals surface area (Å²) in [5.74, 6) is 1.59. The van der Waals surface area contributed by atoms with E-state index in [0.717, 1.165) is 29.6 Å². The van der Waals surface area contributed by atoms with E-state index >= 15 is 0 Å². The van der Waals surface area contributed by atoms with Crippen LogP contribution in [-0.2, 0) is 13.7 Å². The van der Waals surface area contributed by atoms with E-state index in [1.165, 1.54) is 12.8 Å². The third-order valence-electron chi connectivity index (χ3n) is 3.69. The Labute approximate surface area is 106 Å². The van der Waals surface area contributed by atoms with Crippen LogP contribution in [0.1, 0.15) is 31.5 Å². The first-order chi connectivity index (χ1) is 8.78. The minimum absolute atomic E-state index is 0.0377. The Bertz CT molecular complexity index is 556. The average Bonchev–Trinajstić information content (AvgIpc) is 2.99. The molecule has 1 aliphatic carbocycles. The Morgan fingerprint density at radius 3 is 2.89 bits per heavy atom. The van der Waals surface area contributed by atoms with Crippen molar-refractivity contribution in [3.63, 3.8) is 0 Å². The predicted octanol–water partition coefficient (Wildman–Crippen LogP) is 2.39. The summed E-state index contributed by atoms with van der Waals surface area (Å²) in [5, 5.41) is 9.20. The molecule has 0 unspecified atom stereocenters. The molecule has 0 radical (unpaired) electrons. The molecule has 2 aromatic rings. The van der Waals surface area contributed by atoms with Gasteiger partial charge in [-0.25, -0.2) is 4.98 Å². The SMILES string of the molecule is Cn1c(CO)nc2ccc(OC3CCCC3)cc21. The Morgan fingerprint density at radius 2 is 2.17 bits per heavy atom. The molecule has 1 N–H and O–H groups in total. The van der Waals surface area contributed by atoms with Crippen molar-refractivity contribution in [3.8, 4) is 5.75 Å². The molecule has 4 nitrogen and oxygen atoms in total. The number of hydrogen-bond donors (Lipinski definition) is 1. The Kier molecular flexibility index (Phi) is 2.96. The zero-order chi connectivity index (χ0) is 12.5. The lowest BCUT2D eigenvalue weighted by atomic mass is 10.2. The highest BCUT2D eigenvalue weighted by molar-refractivity contribution is 5.77. The Morgan fingerprint density at radius 1 is 1.39 bits per heavy atom. The van der Waals surface area contributed by atoms with E-state index in [1.807, 2.05) is 29.8 Å². The van der Waals surface area contributed by atoms with E-state index in [9.17, 15) is 5.11 Å². The van der Waals surface area contributed by atoms with E-state index in [2.05, 4.69) is 4.98 Å². The number of rotatable bonds is 3.